The predicted molar refractivity (Wildman–Crippen MR) is 40.7 cm³/mol. The molecule has 1 aliphatic rings. The summed E-state index contributed by atoms with van der Waals surface area (Å²) >= 11 is 1.52. The molecule has 0 spiro atoms. The van der Waals surface area contributed by atoms with E-state index in [1.165, 1.54) is 23.8 Å². The Hall–Kier alpha value is -0.710. The lowest BCUT2D eigenvalue weighted by molar-refractivity contribution is -0.144. The van der Waals surface area contributed by atoms with Crippen molar-refractivity contribution in [2.24, 2.45) is 0 Å². The molecule has 61 valence electrons. The molecule has 1 aliphatic heterocycles. The van der Waals surface area contributed by atoms with Crippen LogP contribution in [0, 0.1) is 0 Å². The highest BCUT2D eigenvalue weighted by Gasteiger charge is 2.31. The predicted octanol–water partition coefficient (Wildman–Crippen LogP) is -0.399. The molecule has 1 amide bonds. The van der Waals surface area contributed by atoms with Crippen LogP contribution >= 0.6 is 11.8 Å². The van der Waals surface area contributed by atoms with Gasteiger partial charge in [0.2, 0.25) is 0 Å². The SMILES string of the molecule is COC(=O)C1CSCN1[C]=O. The minimum atomic E-state index is -0.428. The Labute approximate surface area is 68.9 Å². The third kappa shape index (κ3) is 1.65. The first-order valence-corrected chi connectivity index (χ1v) is 4.25. The number of methoxy groups -OCH3 is 1. The summed E-state index contributed by atoms with van der Waals surface area (Å²) in [6.07, 6.45) is 1.69. The molecule has 0 aromatic carbocycles. The summed E-state index contributed by atoms with van der Waals surface area (Å²) in [7, 11) is 1.31. The Morgan fingerprint density at radius 3 is 3.09 bits per heavy atom. The first-order chi connectivity index (χ1) is 5.29. The second-order valence-electron chi connectivity index (χ2n) is 2.10. The molecule has 1 fully saturated rings. The minimum Gasteiger partial charge on any atom is -0.467 e. The summed E-state index contributed by atoms with van der Waals surface area (Å²) in [5.41, 5.74) is 0. The molecule has 1 heterocycles. The molecule has 0 saturated carbocycles. The van der Waals surface area contributed by atoms with Crippen molar-refractivity contribution in [3.63, 3.8) is 0 Å². The standard InChI is InChI=1S/C6H8NO3S/c1-10-6(9)5-2-11-4-7(5)3-8/h5H,2,4H2,1H3. The average Bonchev–Trinajstić information content (AvgIpc) is 2.50. The van der Waals surface area contributed by atoms with E-state index < -0.39 is 6.04 Å². The van der Waals surface area contributed by atoms with E-state index in [-0.39, 0.29) is 5.97 Å². The van der Waals surface area contributed by atoms with Gasteiger partial charge in [-0.3, -0.25) is 4.79 Å². The minimum absolute atomic E-state index is 0.363. The number of nitrogens with zero attached hydrogens (tertiary/aromatic N) is 1. The summed E-state index contributed by atoms with van der Waals surface area (Å²) in [6.45, 7) is 0. The van der Waals surface area contributed by atoms with Crippen molar-refractivity contribution in [1.29, 1.82) is 0 Å². The van der Waals surface area contributed by atoms with Crippen molar-refractivity contribution in [3.8, 4) is 0 Å². The largest absolute Gasteiger partial charge is 0.467 e. The van der Waals surface area contributed by atoms with Gasteiger partial charge in [0, 0.05) is 5.75 Å². The van der Waals surface area contributed by atoms with Gasteiger partial charge in [-0.1, -0.05) is 0 Å². The lowest BCUT2D eigenvalue weighted by Gasteiger charge is -2.14. The van der Waals surface area contributed by atoms with Crippen LogP contribution in [0.1, 0.15) is 0 Å². The Morgan fingerprint density at radius 2 is 2.55 bits per heavy atom. The van der Waals surface area contributed by atoms with Crippen LogP contribution in [0.5, 0.6) is 0 Å². The molecule has 1 rings (SSSR count). The molecule has 1 unspecified atom stereocenters. The van der Waals surface area contributed by atoms with Crippen molar-refractivity contribution in [1.82, 2.24) is 4.90 Å². The number of carbonyl (C=O) groups excluding carboxylic acids is 2. The van der Waals surface area contributed by atoms with Gasteiger partial charge in [-0.05, 0) is 0 Å². The van der Waals surface area contributed by atoms with E-state index >= 15 is 0 Å². The molecular formula is C6H8NO3S. The molecule has 0 aromatic heterocycles. The van der Waals surface area contributed by atoms with Gasteiger partial charge in [-0.2, -0.15) is 0 Å². The molecule has 0 bridgehead atoms. The molecule has 11 heavy (non-hydrogen) atoms. The summed E-state index contributed by atoms with van der Waals surface area (Å²) in [6, 6.07) is -0.428. The smallest absolute Gasteiger partial charge is 0.329 e. The third-order valence-corrected chi connectivity index (χ3v) is 2.49. The van der Waals surface area contributed by atoms with Gasteiger partial charge in [0.1, 0.15) is 6.04 Å². The fourth-order valence-corrected chi connectivity index (χ4v) is 1.94. The number of ether oxygens (including phenoxy) is 1. The number of hydrogen-bond donors (Lipinski definition) is 0. The molecule has 0 N–H and O–H groups in total. The maximum absolute atomic E-state index is 10.9. The van der Waals surface area contributed by atoms with Crippen molar-refractivity contribution in [2.75, 3.05) is 18.7 Å². The van der Waals surface area contributed by atoms with Crippen molar-refractivity contribution < 1.29 is 14.3 Å². The van der Waals surface area contributed by atoms with Crippen LogP contribution in [0.25, 0.3) is 0 Å². The number of amides is 1. The Balaban J connectivity index is 2.56. The lowest BCUT2D eigenvalue weighted by atomic mass is 10.3. The van der Waals surface area contributed by atoms with Crippen LogP contribution in [-0.4, -0.2) is 42.1 Å². The van der Waals surface area contributed by atoms with Gasteiger partial charge < -0.3 is 9.64 Å². The summed E-state index contributed by atoms with van der Waals surface area (Å²) in [5, 5.41) is 0. The fraction of sp³-hybridized carbons (Fsp3) is 0.667. The monoisotopic (exact) mass is 174 g/mol. The van der Waals surface area contributed by atoms with Crippen molar-refractivity contribution in [2.45, 2.75) is 6.04 Å². The van der Waals surface area contributed by atoms with Crippen LogP contribution in [0.4, 0.5) is 0 Å². The number of thioether (sulfide) groups is 1. The molecular weight excluding hydrogens is 166 g/mol. The van der Waals surface area contributed by atoms with Crippen LogP contribution in [0.3, 0.4) is 0 Å². The van der Waals surface area contributed by atoms with Crippen molar-refractivity contribution >= 4 is 24.1 Å². The fourth-order valence-electron chi connectivity index (χ4n) is 0.864. The second-order valence-corrected chi connectivity index (χ2v) is 3.10. The Morgan fingerprint density at radius 1 is 1.82 bits per heavy atom. The summed E-state index contributed by atoms with van der Waals surface area (Å²) in [5.74, 6) is 0.781. The zero-order valence-electron chi connectivity index (χ0n) is 6.07. The molecule has 1 atom stereocenters. The van der Waals surface area contributed by atoms with E-state index in [1.54, 1.807) is 6.41 Å². The molecule has 1 radical (unpaired) electrons. The van der Waals surface area contributed by atoms with Gasteiger partial charge in [0.15, 0.2) is 0 Å². The van der Waals surface area contributed by atoms with Crippen LogP contribution in [0.2, 0.25) is 0 Å². The molecule has 5 heteroatoms. The maximum Gasteiger partial charge on any atom is 0.329 e. The van der Waals surface area contributed by atoms with E-state index in [0.717, 1.165) is 0 Å². The van der Waals surface area contributed by atoms with Gasteiger partial charge in [-0.15, -0.1) is 11.8 Å². The zero-order valence-corrected chi connectivity index (χ0v) is 6.89. The van der Waals surface area contributed by atoms with E-state index in [2.05, 4.69) is 4.74 Å². The number of hydrogen-bond acceptors (Lipinski definition) is 4. The third-order valence-electron chi connectivity index (χ3n) is 1.47. The Bertz CT molecular complexity index is 173. The highest BCUT2D eigenvalue weighted by Crippen LogP contribution is 2.19. The second kappa shape index (κ2) is 3.61. The van der Waals surface area contributed by atoms with Gasteiger partial charge in [-0.25, -0.2) is 4.79 Å². The van der Waals surface area contributed by atoms with E-state index in [1.807, 2.05) is 0 Å². The maximum atomic E-state index is 10.9. The molecule has 0 aromatic rings. The Kier molecular flexibility index (Phi) is 2.76. The zero-order chi connectivity index (χ0) is 8.27. The van der Waals surface area contributed by atoms with Crippen LogP contribution < -0.4 is 0 Å². The number of rotatable bonds is 2. The van der Waals surface area contributed by atoms with Crippen molar-refractivity contribution in [3.05, 3.63) is 0 Å². The average molecular weight is 174 g/mol. The molecule has 0 aliphatic carbocycles. The van der Waals surface area contributed by atoms with Gasteiger partial charge in [0.05, 0.1) is 13.0 Å². The molecule has 4 nitrogen and oxygen atoms in total. The summed E-state index contributed by atoms with van der Waals surface area (Å²) < 4.78 is 4.49. The van der Waals surface area contributed by atoms with Gasteiger partial charge >= 0.3 is 12.4 Å². The number of esters is 1. The molecule has 1 saturated heterocycles. The normalized spacial score (nSPS) is 23.4. The quantitative estimate of drug-likeness (QED) is 0.534. The van der Waals surface area contributed by atoms with Crippen LogP contribution in [0.15, 0.2) is 0 Å². The van der Waals surface area contributed by atoms with Crippen LogP contribution in [-0.2, 0) is 14.3 Å². The summed E-state index contributed by atoms with van der Waals surface area (Å²) in [4.78, 5) is 22.5. The lowest BCUT2D eigenvalue weighted by Crippen LogP contribution is -2.37. The topological polar surface area (TPSA) is 46.6 Å². The highest BCUT2D eigenvalue weighted by atomic mass is 32.2. The first-order valence-electron chi connectivity index (χ1n) is 3.09. The number of carbonyl (C=O) groups is 1. The van der Waals surface area contributed by atoms with E-state index in [9.17, 15) is 9.59 Å². The highest BCUT2D eigenvalue weighted by molar-refractivity contribution is 7.99. The van der Waals surface area contributed by atoms with E-state index in [0.29, 0.717) is 11.6 Å². The van der Waals surface area contributed by atoms with Gasteiger partial charge in [0.25, 0.3) is 0 Å². The van der Waals surface area contributed by atoms with E-state index in [4.69, 9.17) is 0 Å². The first kappa shape index (κ1) is 8.39.